The fourth-order valence-corrected chi connectivity index (χ4v) is 4.02. The van der Waals surface area contributed by atoms with Gasteiger partial charge in [-0.2, -0.15) is 0 Å². The minimum atomic E-state index is -0.306. The molecule has 0 unspecified atom stereocenters. The molecule has 3 aromatic rings. The minimum absolute atomic E-state index is 0.0747. The topological polar surface area (TPSA) is 98.1 Å². The van der Waals surface area contributed by atoms with Gasteiger partial charge in [0.25, 0.3) is 11.8 Å². The Bertz CT molecular complexity index is 1110. The number of benzene rings is 1. The standard InChI is InChI=1S/C23H27N5O3/c1-14-12-15(2)24-21-20(14)23(27-28(21)3)31-13-19(29)25-18-10-8-16(9-11-18)22(30)26-17-6-4-5-7-17/h8-12,17H,4-7,13H2,1-3H3,(H,25,29)(H,26,30). The Balaban J connectivity index is 1.35. The number of anilines is 1. The van der Waals surface area contributed by atoms with Gasteiger partial charge >= 0.3 is 0 Å². The molecule has 1 aliphatic carbocycles. The van der Waals surface area contributed by atoms with Gasteiger partial charge in [-0.15, -0.1) is 5.10 Å². The molecule has 0 radical (unpaired) electrons. The zero-order valence-electron chi connectivity index (χ0n) is 18.1. The van der Waals surface area contributed by atoms with Crippen LogP contribution in [0.5, 0.6) is 5.88 Å². The average Bonchev–Trinajstić information content (AvgIpc) is 3.35. The fraction of sp³-hybridized carbons (Fsp3) is 0.391. The van der Waals surface area contributed by atoms with Crippen LogP contribution in [0.1, 0.15) is 47.3 Å². The third kappa shape index (κ3) is 4.68. The van der Waals surface area contributed by atoms with Crippen molar-refractivity contribution in [3.05, 3.63) is 47.2 Å². The predicted molar refractivity (Wildman–Crippen MR) is 118 cm³/mol. The predicted octanol–water partition coefficient (Wildman–Crippen LogP) is 3.28. The van der Waals surface area contributed by atoms with E-state index >= 15 is 0 Å². The molecule has 2 N–H and O–H groups in total. The molecule has 0 spiro atoms. The van der Waals surface area contributed by atoms with Crippen LogP contribution in [0.2, 0.25) is 0 Å². The van der Waals surface area contributed by atoms with Crippen LogP contribution >= 0.6 is 0 Å². The highest BCUT2D eigenvalue weighted by atomic mass is 16.5. The van der Waals surface area contributed by atoms with Gasteiger partial charge in [0.2, 0.25) is 5.88 Å². The van der Waals surface area contributed by atoms with Crippen LogP contribution in [0.15, 0.2) is 30.3 Å². The molecule has 0 bridgehead atoms. The molecule has 2 heterocycles. The van der Waals surface area contributed by atoms with E-state index in [0.29, 0.717) is 17.1 Å². The fourth-order valence-electron chi connectivity index (χ4n) is 4.02. The number of nitrogens with one attached hydrogen (secondary N) is 2. The Morgan fingerprint density at radius 1 is 1.16 bits per heavy atom. The maximum Gasteiger partial charge on any atom is 0.262 e. The van der Waals surface area contributed by atoms with Gasteiger partial charge in [-0.1, -0.05) is 12.8 Å². The summed E-state index contributed by atoms with van der Waals surface area (Å²) in [5, 5.41) is 11.0. The summed E-state index contributed by atoms with van der Waals surface area (Å²) >= 11 is 0. The highest BCUT2D eigenvalue weighted by molar-refractivity contribution is 5.96. The summed E-state index contributed by atoms with van der Waals surface area (Å²) in [7, 11) is 1.80. The van der Waals surface area contributed by atoms with Crippen LogP contribution in [0.3, 0.4) is 0 Å². The first-order chi connectivity index (χ1) is 14.9. The molecule has 1 aliphatic rings. The van der Waals surface area contributed by atoms with E-state index in [-0.39, 0.29) is 24.5 Å². The minimum Gasteiger partial charge on any atom is -0.466 e. The maximum atomic E-state index is 12.4. The lowest BCUT2D eigenvalue weighted by molar-refractivity contribution is -0.118. The third-order valence-electron chi connectivity index (χ3n) is 5.55. The Morgan fingerprint density at radius 2 is 1.87 bits per heavy atom. The van der Waals surface area contributed by atoms with Crippen LogP contribution in [0.4, 0.5) is 5.69 Å². The third-order valence-corrected chi connectivity index (χ3v) is 5.55. The van der Waals surface area contributed by atoms with Gasteiger partial charge in [0.15, 0.2) is 12.3 Å². The number of nitrogens with zero attached hydrogens (tertiary/aromatic N) is 3. The van der Waals surface area contributed by atoms with Gasteiger partial charge in [-0.25, -0.2) is 9.67 Å². The second-order valence-corrected chi connectivity index (χ2v) is 8.08. The number of hydrogen-bond donors (Lipinski definition) is 2. The van der Waals surface area contributed by atoms with E-state index in [0.717, 1.165) is 35.1 Å². The average molecular weight is 422 g/mol. The lowest BCUT2D eigenvalue weighted by Crippen LogP contribution is -2.32. The summed E-state index contributed by atoms with van der Waals surface area (Å²) < 4.78 is 7.33. The summed E-state index contributed by atoms with van der Waals surface area (Å²) in [6.45, 7) is 3.72. The molecule has 1 saturated carbocycles. The van der Waals surface area contributed by atoms with E-state index < -0.39 is 0 Å². The molecule has 8 nitrogen and oxygen atoms in total. The van der Waals surface area contributed by atoms with E-state index in [4.69, 9.17) is 4.74 Å². The van der Waals surface area contributed by atoms with Crippen LogP contribution < -0.4 is 15.4 Å². The van der Waals surface area contributed by atoms with Crippen molar-refractivity contribution in [3.63, 3.8) is 0 Å². The lowest BCUT2D eigenvalue weighted by atomic mass is 10.1. The molecule has 2 amide bonds. The van der Waals surface area contributed by atoms with Crippen LogP contribution in [0, 0.1) is 13.8 Å². The lowest BCUT2D eigenvalue weighted by Gasteiger charge is -2.12. The van der Waals surface area contributed by atoms with Gasteiger partial charge < -0.3 is 15.4 Å². The molecule has 1 fully saturated rings. The smallest absolute Gasteiger partial charge is 0.262 e. The zero-order chi connectivity index (χ0) is 22.0. The number of rotatable bonds is 6. The number of ether oxygens (including phenoxy) is 1. The molecule has 1 aromatic carbocycles. The Kier molecular flexibility index (Phi) is 5.88. The van der Waals surface area contributed by atoms with Crippen molar-refractivity contribution >= 4 is 28.5 Å². The first-order valence-corrected chi connectivity index (χ1v) is 10.6. The summed E-state index contributed by atoms with van der Waals surface area (Å²) in [5.41, 5.74) is 3.80. The highest BCUT2D eigenvalue weighted by Crippen LogP contribution is 2.27. The van der Waals surface area contributed by atoms with E-state index in [2.05, 4.69) is 20.7 Å². The second kappa shape index (κ2) is 8.75. The van der Waals surface area contributed by atoms with E-state index in [1.807, 2.05) is 19.9 Å². The SMILES string of the molecule is Cc1cc(C)c2c(OCC(=O)Nc3ccc(C(=O)NC4CCCC4)cc3)nn(C)c2n1. The summed E-state index contributed by atoms with van der Waals surface area (Å²) in [6.07, 6.45) is 4.42. The van der Waals surface area contributed by atoms with Crippen LogP contribution in [0.25, 0.3) is 11.0 Å². The van der Waals surface area contributed by atoms with Crippen molar-refractivity contribution in [2.24, 2.45) is 7.05 Å². The summed E-state index contributed by atoms with van der Waals surface area (Å²) in [4.78, 5) is 29.2. The zero-order valence-corrected chi connectivity index (χ0v) is 18.1. The normalized spacial score (nSPS) is 14.0. The van der Waals surface area contributed by atoms with Gasteiger partial charge in [0.05, 0.1) is 5.39 Å². The van der Waals surface area contributed by atoms with Crippen molar-refractivity contribution in [2.45, 2.75) is 45.6 Å². The molecular formula is C23H27N5O3. The number of carbonyl (C=O) groups excluding carboxylic acids is 2. The first-order valence-electron chi connectivity index (χ1n) is 10.6. The van der Waals surface area contributed by atoms with Crippen molar-refractivity contribution in [2.75, 3.05) is 11.9 Å². The number of amides is 2. The maximum absolute atomic E-state index is 12.4. The van der Waals surface area contributed by atoms with Crippen molar-refractivity contribution < 1.29 is 14.3 Å². The Morgan fingerprint density at radius 3 is 2.58 bits per heavy atom. The van der Waals surface area contributed by atoms with E-state index in [9.17, 15) is 9.59 Å². The van der Waals surface area contributed by atoms with Crippen molar-refractivity contribution in [1.82, 2.24) is 20.1 Å². The Hall–Kier alpha value is -3.42. The summed E-state index contributed by atoms with van der Waals surface area (Å²) in [5.74, 6) is 0.00521. The first kappa shape index (κ1) is 20.8. The van der Waals surface area contributed by atoms with Gasteiger partial charge in [0.1, 0.15) is 0 Å². The number of fused-ring (bicyclic) bond motifs is 1. The number of hydrogen-bond acceptors (Lipinski definition) is 5. The molecule has 8 heteroatoms. The monoisotopic (exact) mass is 421 g/mol. The van der Waals surface area contributed by atoms with E-state index in [1.165, 1.54) is 12.8 Å². The molecule has 162 valence electrons. The number of aryl methyl sites for hydroxylation is 3. The highest BCUT2D eigenvalue weighted by Gasteiger charge is 2.18. The number of carbonyl (C=O) groups is 2. The van der Waals surface area contributed by atoms with Crippen LogP contribution in [-0.4, -0.2) is 39.2 Å². The van der Waals surface area contributed by atoms with Gasteiger partial charge in [-0.05, 0) is 62.6 Å². The van der Waals surface area contributed by atoms with Crippen molar-refractivity contribution in [3.8, 4) is 5.88 Å². The quantitative estimate of drug-likeness (QED) is 0.637. The van der Waals surface area contributed by atoms with Gasteiger partial charge in [0, 0.05) is 30.0 Å². The largest absolute Gasteiger partial charge is 0.466 e. The number of aromatic nitrogens is 3. The second-order valence-electron chi connectivity index (χ2n) is 8.08. The number of pyridine rings is 1. The summed E-state index contributed by atoms with van der Waals surface area (Å²) in [6, 6.07) is 9.09. The molecule has 4 rings (SSSR count). The van der Waals surface area contributed by atoms with E-state index in [1.54, 1.807) is 36.0 Å². The van der Waals surface area contributed by atoms with Crippen LogP contribution in [-0.2, 0) is 11.8 Å². The molecule has 2 aromatic heterocycles. The molecule has 31 heavy (non-hydrogen) atoms. The van der Waals surface area contributed by atoms with Crippen molar-refractivity contribution in [1.29, 1.82) is 0 Å². The molecule has 0 saturated heterocycles. The molecule has 0 atom stereocenters. The Labute approximate surface area is 181 Å². The van der Waals surface area contributed by atoms with Gasteiger partial charge in [-0.3, -0.25) is 9.59 Å². The molecular weight excluding hydrogens is 394 g/mol. The molecule has 0 aliphatic heterocycles.